The number of hydrogen-bond donors (Lipinski definition) is 1. The lowest BCUT2D eigenvalue weighted by Gasteiger charge is -2.47. The molecule has 1 saturated heterocycles. The standard InChI is InChI=1S/C11H21N.C10H14N2/c1-10(2)8-5-6-9(7-8)11(10,3)12-4;1-12-7-3-5-10(12)9-4-2-6-11-8-9/h8-9,12H,5-7H2,1-4H3;2,4,6,8,10H,3,5,7H2,1H3/t;10-/m.0/s1. The SMILES string of the molecule is CN1CCC[C@H]1c1cccnc1.CNC1(C)C2CCC(C2)C1(C)C. The van der Waals surface area contributed by atoms with Gasteiger partial charge in [-0.05, 0) is 88.5 Å². The summed E-state index contributed by atoms with van der Waals surface area (Å²) in [7, 11) is 4.31. The largest absolute Gasteiger partial charge is 0.314 e. The van der Waals surface area contributed by atoms with Gasteiger partial charge in [0.1, 0.15) is 0 Å². The number of fused-ring (bicyclic) bond motifs is 2. The van der Waals surface area contributed by atoms with Gasteiger partial charge in [-0.15, -0.1) is 0 Å². The molecule has 2 saturated carbocycles. The van der Waals surface area contributed by atoms with E-state index in [1.54, 1.807) is 0 Å². The molecule has 1 aromatic rings. The Bertz CT molecular complexity index is 541. The summed E-state index contributed by atoms with van der Waals surface area (Å²) in [6.45, 7) is 8.51. The molecular weight excluding hydrogens is 294 g/mol. The lowest BCUT2D eigenvalue weighted by atomic mass is 9.64. The van der Waals surface area contributed by atoms with E-state index in [4.69, 9.17) is 0 Å². The molecule has 2 heterocycles. The molecule has 1 N–H and O–H groups in total. The van der Waals surface area contributed by atoms with Gasteiger partial charge in [0, 0.05) is 24.0 Å². The van der Waals surface area contributed by atoms with Crippen molar-refractivity contribution in [2.45, 2.75) is 64.5 Å². The molecule has 0 amide bonds. The van der Waals surface area contributed by atoms with Crippen molar-refractivity contribution >= 4 is 0 Å². The van der Waals surface area contributed by atoms with Gasteiger partial charge in [-0.3, -0.25) is 9.88 Å². The molecule has 3 unspecified atom stereocenters. The molecule has 4 rings (SSSR count). The fourth-order valence-corrected chi connectivity index (χ4v) is 5.54. The summed E-state index contributed by atoms with van der Waals surface area (Å²) in [5, 5.41) is 3.56. The summed E-state index contributed by atoms with van der Waals surface area (Å²) in [6.07, 6.45) is 10.8. The Morgan fingerprint density at radius 1 is 1.17 bits per heavy atom. The van der Waals surface area contributed by atoms with Crippen LogP contribution in [0.1, 0.15) is 64.5 Å². The van der Waals surface area contributed by atoms with Crippen LogP contribution in [0.5, 0.6) is 0 Å². The summed E-state index contributed by atoms with van der Waals surface area (Å²) in [4.78, 5) is 6.54. The van der Waals surface area contributed by atoms with Crippen molar-refractivity contribution in [1.82, 2.24) is 15.2 Å². The van der Waals surface area contributed by atoms with E-state index in [2.05, 4.69) is 56.1 Å². The van der Waals surface area contributed by atoms with Crippen molar-refractivity contribution in [2.24, 2.45) is 17.3 Å². The molecule has 0 aromatic carbocycles. The monoisotopic (exact) mass is 329 g/mol. The van der Waals surface area contributed by atoms with Crippen molar-refractivity contribution in [1.29, 1.82) is 0 Å². The summed E-state index contributed by atoms with van der Waals surface area (Å²) in [5.74, 6) is 1.91. The first-order chi connectivity index (χ1) is 11.4. The molecule has 2 aliphatic carbocycles. The molecule has 0 spiro atoms. The second-order valence-electron chi connectivity index (χ2n) is 8.81. The maximum absolute atomic E-state index is 4.14. The van der Waals surface area contributed by atoms with Crippen molar-refractivity contribution in [2.75, 3.05) is 20.6 Å². The molecule has 3 nitrogen and oxygen atoms in total. The number of rotatable bonds is 2. The van der Waals surface area contributed by atoms with E-state index in [-0.39, 0.29) is 0 Å². The summed E-state index contributed by atoms with van der Waals surface area (Å²) in [5.41, 5.74) is 2.26. The fraction of sp³-hybridized carbons (Fsp3) is 0.762. The highest BCUT2D eigenvalue weighted by Gasteiger charge is 2.59. The second kappa shape index (κ2) is 6.76. The molecule has 134 valence electrons. The molecule has 2 bridgehead atoms. The van der Waals surface area contributed by atoms with Crippen LogP contribution in [0.2, 0.25) is 0 Å². The average molecular weight is 330 g/mol. The normalized spacial score (nSPS) is 37.3. The van der Waals surface area contributed by atoms with E-state index >= 15 is 0 Å². The Hall–Kier alpha value is -0.930. The van der Waals surface area contributed by atoms with Crippen molar-refractivity contribution in [3.63, 3.8) is 0 Å². The summed E-state index contributed by atoms with van der Waals surface area (Å²) in [6, 6.07) is 4.79. The zero-order valence-electron chi connectivity index (χ0n) is 16.2. The van der Waals surface area contributed by atoms with Crippen LogP contribution in [-0.2, 0) is 0 Å². The second-order valence-corrected chi connectivity index (χ2v) is 8.81. The lowest BCUT2D eigenvalue weighted by Crippen LogP contribution is -2.55. The Kier molecular flexibility index (Phi) is 5.04. The molecular formula is C21H35N3. The number of likely N-dealkylation sites (tertiary alicyclic amines) is 1. The average Bonchev–Trinajstić information content (AvgIpc) is 3.27. The topological polar surface area (TPSA) is 28.2 Å². The minimum Gasteiger partial charge on any atom is -0.314 e. The highest BCUT2D eigenvalue weighted by Crippen LogP contribution is 2.60. The van der Waals surface area contributed by atoms with E-state index in [0.717, 1.165) is 11.8 Å². The molecule has 4 atom stereocenters. The molecule has 0 radical (unpaired) electrons. The third kappa shape index (κ3) is 2.90. The Labute approximate surface area is 148 Å². The van der Waals surface area contributed by atoms with Crippen molar-refractivity contribution in [3.05, 3.63) is 30.1 Å². The highest BCUT2D eigenvalue weighted by molar-refractivity contribution is 5.15. The van der Waals surface area contributed by atoms with Crippen LogP contribution in [0.3, 0.4) is 0 Å². The van der Waals surface area contributed by atoms with Crippen molar-refractivity contribution in [3.8, 4) is 0 Å². The van der Waals surface area contributed by atoms with Gasteiger partial charge in [-0.1, -0.05) is 19.9 Å². The van der Waals surface area contributed by atoms with E-state index in [0.29, 0.717) is 17.0 Å². The van der Waals surface area contributed by atoms with Crippen LogP contribution in [0.4, 0.5) is 0 Å². The highest BCUT2D eigenvalue weighted by atomic mass is 15.1. The predicted octanol–water partition coefficient (Wildman–Crippen LogP) is 4.27. The molecule has 3 fully saturated rings. The van der Waals surface area contributed by atoms with Gasteiger partial charge in [0.05, 0.1) is 0 Å². The number of nitrogens with one attached hydrogen (secondary N) is 1. The zero-order chi connectivity index (χ0) is 17.4. The first kappa shape index (κ1) is 17.9. The number of nitrogens with zero attached hydrogens (tertiary/aromatic N) is 2. The van der Waals surface area contributed by atoms with Gasteiger partial charge in [-0.2, -0.15) is 0 Å². The van der Waals surface area contributed by atoms with Gasteiger partial charge < -0.3 is 5.32 Å². The number of pyridine rings is 1. The molecule has 1 aliphatic heterocycles. The van der Waals surface area contributed by atoms with E-state index in [1.165, 1.54) is 44.2 Å². The van der Waals surface area contributed by atoms with Gasteiger partial charge in [0.25, 0.3) is 0 Å². The third-order valence-electron chi connectivity index (χ3n) is 7.72. The van der Waals surface area contributed by atoms with E-state index in [1.807, 2.05) is 18.5 Å². The quantitative estimate of drug-likeness (QED) is 0.878. The fourth-order valence-electron chi connectivity index (χ4n) is 5.54. The molecule has 24 heavy (non-hydrogen) atoms. The van der Waals surface area contributed by atoms with E-state index < -0.39 is 0 Å². The van der Waals surface area contributed by atoms with Crippen LogP contribution in [-0.4, -0.2) is 36.1 Å². The summed E-state index contributed by atoms with van der Waals surface area (Å²) >= 11 is 0. The van der Waals surface area contributed by atoms with Crippen LogP contribution in [0, 0.1) is 17.3 Å². The molecule has 1 aromatic heterocycles. The smallest absolute Gasteiger partial charge is 0.0360 e. The van der Waals surface area contributed by atoms with Crippen molar-refractivity contribution < 1.29 is 0 Å². The first-order valence-corrected chi connectivity index (χ1v) is 9.69. The van der Waals surface area contributed by atoms with Crippen LogP contribution in [0.25, 0.3) is 0 Å². The minimum absolute atomic E-state index is 0.399. The first-order valence-electron chi connectivity index (χ1n) is 9.69. The molecule has 3 aliphatic rings. The van der Waals surface area contributed by atoms with Crippen LogP contribution < -0.4 is 5.32 Å². The van der Waals surface area contributed by atoms with Gasteiger partial charge in [0.15, 0.2) is 0 Å². The number of aromatic nitrogens is 1. The zero-order valence-corrected chi connectivity index (χ0v) is 16.2. The maximum Gasteiger partial charge on any atom is 0.0360 e. The molecule has 3 heteroatoms. The van der Waals surface area contributed by atoms with Gasteiger partial charge in [-0.25, -0.2) is 0 Å². The summed E-state index contributed by atoms with van der Waals surface area (Å²) < 4.78 is 0. The minimum atomic E-state index is 0.399. The van der Waals surface area contributed by atoms with E-state index in [9.17, 15) is 0 Å². The predicted molar refractivity (Wildman–Crippen MR) is 101 cm³/mol. The van der Waals surface area contributed by atoms with Gasteiger partial charge in [0.2, 0.25) is 0 Å². The van der Waals surface area contributed by atoms with Crippen LogP contribution in [0.15, 0.2) is 24.5 Å². The third-order valence-corrected chi connectivity index (χ3v) is 7.72. The Balaban J connectivity index is 0.000000141. The number of hydrogen-bond acceptors (Lipinski definition) is 3. The van der Waals surface area contributed by atoms with Crippen LogP contribution >= 0.6 is 0 Å². The lowest BCUT2D eigenvalue weighted by molar-refractivity contribution is 0.0732. The maximum atomic E-state index is 4.14. The Morgan fingerprint density at radius 3 is 2.38 bits per heavy atom. The van der Waals surface area contributed by atoms with Gasteiger partial charge >= 0.3 is 0 Å². The Morgan fingerprint density at radius 2 is 1.92 bits per heavy atom.